The van der Waals surface area contributed by atoms with E-state index >= 15 is 0 Å². The summed E-state index contributed by atoms with van der Waals surface area (Å²) in [7, 11) is 2.99. The number of carbonyl (C=O) groups excluding carboxylic acids is 2. The fraction of sp³-hybridized carbons (Fsp3) is 0.256. The van der Waals surface area contributed by atoms with E-state index in [0.717, 1.165) is 5.56 Å². The largest absolute Gasteiger partial charge is 0.507 e. The molecule has 9 N–H and O–H groups in total. The number of hydrogen-bond donors (Lipinski definition) is 9. The Morgan fingerprint density at radius 2 is 1.09 bits per heavy atom. The Kier molecular flexibility index (Phi) is 16.8. The van der Waals surface area contributed by atoms with Crippen molar-refractivity contribution in [3.8, 4) is 39.9 Å². The average Bonchev–Trinajstić information content (AvgIpc) is 3.18. The van der Waals surface area contributed by atoms with E-state index in [4.69, 9.17) is 24.1 Å². The predicted molar refractivity (Wildman–Crippen MR) is 217 cm³/mol. The molecule has 0 fully saturated rings. The van der Waals surface area contributed by atoms with Crippen molar-refractivity contribution in [2.45, 2.75) is 0 Å². The zero-order valence-corrected chi connectivity index (χ0v) is 32.1. The highest BCUT2D eigenvalue weighted by Crippen LogP contribution is 2.42. The van der Waals surface area contributed by atoms with Crippen LogP contribution in [0, 0.1) is 0 Å². The number of fused-ring (bicyclic) bond motifs is 3. The van der Waals surface area contributed by atoms with E-state index in [9.17, 15) is 29.7 Å². The van der Waals surface area contributed by atoms with Crippen LogP contribution in [0.3, 0.4) is 0 Å². The third kappa shape index (κ3) is 9.63. The fourth-order valence-corrected chi connectivity index (χ4v) is 5.97. The second kappa shape index (κ2) is 20.9. The predicted octanol–water partition coefficient (Wildman–Crippen LogP) is 3.89. The minimum Gasteiger partial charge on any atom is -0.507 e. The number of hydrogen-bond acceptors (Lipinski definition) is 15. The molecule has 1 heterocycles. The zero-order chi connectivity index (χ0) is 38.8. The molecule has 5 aromatic rings. The van der Waals surface area contributed by atoms with Gasteiger partial charge in [0.25, 0.3) is 0 Å². The van der Waals surface area contributed by atoms with E-state index in [1.54, 1.807) is 43.5 Å². The van der Waals surface area contributed by atoms with Gasteiger partial charge in [-0.1, -0.05) is 12.1 Å². The van der Waals surface area contributed by atoms with E-state index in [-0.39, 0.29) is 94.3 Å². The lowest BCUT2D eigenvalue weighted by Crippen LogP contribution is -2.28. The smallest absolute Gasteiger partial charge is 0.204 e. The summed E-state index contributed by atoms with van der Waals surface area (Å²) in [5.74, 6) is -1.08. The number of anilines is 2. The monoisotopic (exact) mass is 814 g/mol. The van der Waals surface area contributed by atoms with Gasteiger partial charge in [-0.05, 0) is 54.1 Å². The van der Waals surface area contributed by atoms with Crippen LogP contribution in [0.4, 0.5) is 11.4 Å². The van der Waals surface area contributed by atoms with E-state index < -0.39 is 11.6 Å². The average molecular weight is 816 g/mol. The first-order valence-corrected chi connectivity index (χ1v) is 17.0. The van der Waals surface area contributed by atoms with Gasteiger partial charge < -0.3 is 60.7 Å². The SMILES string of the molecule is COc1ccc(-c2coc3c(OC)c(O)ccc3c2=O)cc1.Cl.Cl.O=C1c2c(O)ccc(O)c2C(=O)c2c(NCCNCCO)ccc(NCCNCCO)c21. The van der Waals surface area contributed by atoms with Gasteiger partial charge in [-0.25, -0.2) is 0 Å². The molecule has 0 atom stereocenters. The number of phenols is 3. The first-order valence-electron chi connectivity index (χ1n) is 17.0. The van der Waals surface area contributed by atoms with Crippen LogP contribution in [0.5, 0.6) is 28.7 Å². The number of carbonyl (C=O) groups is 2. The maximum absolute atomic E-state index is 13.4. The number of aromatic hydroxyl groups is 3. The van der Waals surface area contributed by atoms with Crippen LogP contribution in [0.15, 0.2) is 76.1 Å². The van der Waals surface area contributed by atoms with Crippen molar-refractivity contribution in [2.24, 2.45) is 0 Å². The molecule has 1 aliphatic carbocycles. The molecule has 1 aliphatic rings. The number of rotatable bonds is 15. The molecule has 0 aliphatic heterocycles. The van der Waals surface area contributed by atoms with Crippen LogP contribution in [0.1, 0.15) is 31.8 Å². The van der Waals surface area contributed by atoms with Crippen molar-refractivity contribution < 1.29 is 49.0 Å². The van der Waals surface area contributed by atoms with Crippen molar-refractivity contribution >= 4 is 58.7 Å². The second-order valence-electron chi connectivity index (χ2n) is 11.9. The summed E-state index contributed by atoms with van der Waals surface area (Å²) in [6.45, 7) is 2.81. The molecule has 15 nitrogen and oxygen atoms in total. The third-order valence-corrected chi connectivity index (χ3v) is 8.57. The van der Waals surface area contributed by atoms with Gasteiger partial charge in [-0.15, -0.1) is 24.8 Å². The Bertz CT molecular complexity index is 2120. The van der Waals surface area contributed by atoms with Crippen molar-refractivity contribution in [1.82, 2.24) is 10.6 Å². The van der Waals surface area contributed by atoms with Crippen LogP contribution < -0.4 is 36.2 Å². The lowest BCUT2D eigenvalue weighted by atomic mass is 9.81. The lowest BCUT2D eigenvalue weighted by molar-refractivity contribution is 0.0975. The first-order chi connectivity index (χ1) is 26.2. The van der Waals surface area contributed by atoms with E-state index in [1.165, 1.54) is 37.6 Å². The Morgan fingerprint density at radius 3 is 1.55 bits per heavy atom. The van der Waals surface area contributed by atoms with Crippen LogP contribution in [-0.4, -0.2) is 104 Å². The molecule has 0 spiro atoms. The number of halogens is 2. The fourth-order valence-electron chi connectivity index (χ4n) is 5.97. The molecular weight excluding hydrogens is 771 g/mol. The lowest BCUT2D eigenvalue weighted by Gasteiger charge is -2.25. The molecule has 6 rings (SSSR count). The van der Waals surface area contributed by atoms with Gasteiger partial charge in [0.1, 0.15) is 23.5 Å². The molecule has 300 valence electrons. The van der Waals surface area contributed by atoms with Gasteiger partial charge in [0.05, 0.1) is 60.6 Å². The van der Waals surface area contributed by atoms with Crippen LogP contribution in [-0.2, 0) is 0 Å². The summed E-state index contributed by atoms with van der Waals surface area (Å²) in [6, 6.07) is 15.8. The van der Waals surface area contributed by atoms with Gasteiger partial charge in [-0.2, -0.15) is 0 Å². The molecule has 56 heavy (non-hydrogen) atoms. The third-order valence-electron chi connectivity index (χ3n) is 8.57. The van der Waals surface area contributed by atoms with Gasteiger partial charge in [0.2, 0.25) is 22.7 Å². The summed E-state index contributed by atoms with van der Waals surface area (Å²) in [5.41, 5.74) is 1.87. The summed E-state index contributed by atoms with van der Waals surface area (Å²) < 4.78 is 15.7. The molecule has 4 aromatic carbocycles. The number of aliphatic hydroxyl groups is 2. The first kappa shape index (κ1) is 44.8. The number of aliphatic hydroxyl groups excluding tert-OH is 2. The number of phenolic OH excluding ortho intramolecular Hbond substituents is 3. The van der Waals surface area contributed by atoms with Gasteiger partial charge >= 0.3 is 0 Å². The Labute approximate surface area is 334 Å². The van der Waals surface area contributed by atoms with E-state index in [0.29, 0.717) is 67.3 Å². The number of methoxy groups -OCH3 is 2. The van der Waals surface area contributed by atoms with Crippen molar-refractivity contribution in [1.29, 1.82) is 0 Å². The molecule has 1 aromatic heterocycles. The van der Waals surface area contributed by atoms with E-state index in [2.05, 4.69) is 21.3 Å². The Hall–Kier alpha value is -5.55. The second-order valence-corrected chi connectivity index (χ2v) is 11.9. The van der Waals surface area contributed by atoms with Crippen molar-refractivity contribution in [2.75, 3.05) is 77.3 Å². The molecule has 17 heteroatoms. The summed E-state index contributed by atoms with van der Waals surface area (Å²) in [4.78, 5) is 39.4. The summed E-state index contributed by atoms with van der Waals surface area (Å²) >= 11 is 0. The molecule has 0 saturated heterocycles. The summed E-state index contributed by atoms with van der Waals surface area (Å²) in [6.07, 6.45) is 1.37. The number of ether oxygens (including phenoxy) is 2. The topological polar surface area (TPSA) is 232 Å². The summed E-state index contributed by atoms with van der Waals surface area (Å²) in [5, 5.41) is 60.7. The number of nitrogens with one attached hydrogen (secondary N) is 4. The molecule has 0 amide bonds. The number of ketones is 2. The Balaban J connectivity index is 0.000000308. The highest BCUT2D eigenvalue weighted by atomic mass is 35.5. The molecule has 0 bridgehead atoms. The van der Waals surface area contributed by atoms with Crippen molar-refractivity contribution in [3.05, 3.63) is 99.4 Å². The zero-order valence-electron chi connectivity index (χ0n) is 30.5. The number of benzene rings is 4. The quantitative estimate of drug-likeness (QED) is 0.0529. The van der Waals surface area contributed by atoms with Gasteiger partial charge in [0.15, 0.2) is 11.3 Å². The molecule has 0 unspecified atom stereocenters. The van der Waals surface area contributed by atoms with Gasteiger partial charge in [-0.3, -0.25) is 14.4 Å². The van der Waals surface area contributed by atoms with E-state index in [1.807, 2.05) is 0 Å². The molecular formula is C39H44Cl2N4O11. The van der Waals surface area contributed by atoms with Crippen LogP contribution in [0.25, 0.3) is 22.1 Å². The van der Waals surface area contributed by atoms with Crippen LogP contribution in [0.2, 0.25) is 0 Å². The maximum Gasteiger partial charge on any atom is 0.204 e. The maximum atomic E-state index is 13.4. The highest BCUT2D eigenvalue weighted by molar-refractivity contribution is 6.33. The minimum atomic E-state index is -0.559. The Morgan fingerprint density at radius 1 is 0.589 bits per heavy atom. The highest BCUT2D eigenvalue weighted by Gasteiger charge is 2.38. The minimum absolute atomic E-state index is 0. The van der Waals surface area contributed by atoms with Crippen molar-refractivity contribution in [3.63, 3.8) is 0 Å². The standard InChI is InChI=1S/C22H28N4O6.C17H14O5.2ClH/c27-11-9-23-5-7-25-13-1-2-14(26-8-6-24-10-12-28)18-17(13)21(31)19-15(29)3-4-16(30)20(19)22(18)32;1-20-11-5-3-10(4-6-11)13-9-22-16-12(15(13)19)7-8-14(18)17(16)21-2;;/h1-4,23-30H,5-12H2;3-9,18H,1-2H3;2*1H. The molecule has 0 radical (unpaired) electrons. The molecule has 0 saturated carbocycles. The van der Waals surface area contributed by atoms with Crippen LogP contribution >= 0.6 is 24.8 Å². The van der Waals surface area contributed by atoms with Gasteiger partial charge in [0, 0.05) is 50.6 Å². The normalized spacial score (nSPS) is 11.3.